The van der Waals surface area contributed by atoms with E-state index < -0.39 is 0 Å². The number of guanidine groups is 1. The molecule has 9 heteroatoms. The van der Waals surface area contributed by atoms with E-state index in [-0.39, 0.29) is 24.0 Å². The number of nitrogens with one attached hydrogen (secondary N) is 2. The Morgan fingerprint density at radius 3 is 2.33 bits per heavy atom. The van der Waals surface area contributed by atoms with Crippen LogP contribution in [0.4, 0.5) is 5.69 Å². The van der Waals surface area contributed by atoms with Gasteiger partial charge in [0.2, 0.25) is 0 Å². The van der Waals surface area contributed by atoms with Crippen LogP contribution in [0.25, 0.3) is 0 Å². The van der Waals surface area contributed by atoms with Gasteiger partial charge >= 0.3 is 0 Å². The van der Waals surface area contributed by atoms with Crippen LogP contribution in [-0.2, 0) is 0 Å². The Labute approximate surface area is 213 Å². The van der Waals surface area contributed by atoms with Crippen LogP contribution in [0.3, 0.4) is 0 Å². The maximum absolute atomic E-state index is 5.79. The molecular formula is C24H35IN4O4. The van der Waals surface area contributed by atoms with Gasteiger partial charge in [-0.15, -0.1) is 24.0 Å². The van der Waals surface area contributed by atoms with Gasteiger partial charge in [-0.05, 0) is 25.0 Å². The number of hydrogen-bond donors (Lipinski definition) is 2. The van der Waals surface area contributed by atoms with Crippen molar-refractivity contribution in [3.05, 3.63) is 42.5 Å². The lowest BCUT2D eigenvalue weighted by atomic mass is 10.2. The zero-order chi connectivity index (χ0) is 22.8. The predicted octanol–water partition coefficient (Wildman–Crippen LogP) is 3.54. The molecule has 0 amide bonds. The highest BCUT2D eigenvalue weighted by Gasteiger charge is 2.24. The number of ether oxygens (including phenoxy) is 4. The zero-order valence-corrected chi connectivity index (χ0v) is 22.1. The van der Waals surface area contributed by atoms with E-state index in [9.17, 15) is 0 Å². The van der Waals surface area contributed by atoms with Crippen molar-refractivity contribution >= 4 is 35.6 Å². The molecule has 182 valence electrons. The fraction of sp³-hybridized carbons (Fsp3) is 0.458. The first kappa shape index (κ1) is 26.7. The van der Waals surface area contributed by atoms with E-state index in [2.05, 4.69) is 20.5 Å². The van der Waals surface area contributed by atoms with Crippen LogP contribution in [0.1, 0.15) is 12.8 Å². The van der Waals surface area contributed by atoms with Gasteiger partial charge in [-0.2, -0.15) is 0 Å². The lowest BCUT2D eigenvalue weighted by molar-refractivity contribution is 0.308. The summed E-state index contributed by atoms with van der Waals surface area (Å²) < 4.78 is 21.8. The topological polar surface area (TPSA) is 76.6 Å². The molecule has 0 radical (unpaired) electrons. The second kappa shape index (κ2) is 13.9. The molecular weight excluding hydrogens is 535 g/mol. The Morgan fingerprint density at radius 1 is 1.00 bits per heavy atom. The molecule has 2 aromatic carbocycles. The van der Waals surface area contributed by atoms with Crippen molar-refractivity contribution in [1.29, 1.82) is 0 Å². The summed E-state index contributed by atoms with van der Waals surface area (Å²) in [6.45, 7) is 3.23. The molecule has 2 N–H and O–H groups in total. The van der Waals surface area contributed by atoms with Gasteiger partial charge in [-0.3, -0.25) is 4.99 Å². The first-order valence-electron chi connectivity index (χ1n) is 10.9. The fourth-order valence-corrected chi connectivity index (χ4v) is 3.64. The predicted molar refractivity (Wildman–Crippen MR) is 143 cm³/mol. The highest BCUT2D eigenvalue weighted by molar-refractivity contribution is 14.0. The molecule has 33 heavy (non-hydrogen) atoms. The van der Waals surface area contributed by atoms with E-state index >= 15 is 0 Å². The van der Waals surface area contributed by atoms with Gasteiger partial charge < -0.3 is 34.5 Å². The number of nitrogens with zero attached hydrogens (tertiary/aromatic N) is 2. The third kappa shape index (κ3) is 8.06. The lowest BCUT2D eigenvalue weighted by Gasteiger charge is -2.21. The first-order chi connectivity index (χ1) is 15.6. The SMILES string of the molecule is CN=C(NCCCOc1cccc(OC)c1)NC1CCN(c2cc(OC)cc(OC)c2)C1.I. The smallest absolute Gasteiger partial charge is 0.191 e. The Hall–Kier alpha value is -2.56. The first-order valence-corrected chi connectivity index (χ1v) is 10.9. The summed E-state index contributed by atoms with van der Waals surface area (Å²) in [6.07, 6.45) is 1.89. The number of anilines is 1. The summed E-state index contributed by atoms with van der Waals surface area (Å²) in [7, 11) is 6.79. The Bertz CT molecular complexity index is 874. The quantitative estimate of drug-likeness (QED) is 0.196. The minimum Gasteiger partial charge on any atom is -0.497 e. The Morgan fingerprint density at radius 2 is 1.67 bits per heavy atom. The molecule has 3 rings (SSSR count). The molecule has 2 aromatic rings. The molecule has 0 aromatic heterocycles. The highest BCUT2D eigenvalue weighted by Crippen LogP contribution is 2.30. The van der Waals surface area contributed by atoms with Gasteiger partial charge in [-0.1, -0.05) is 6.07 Å². The van der Waals surface area contributed by atoms with Crippen molar-refractivity contribution in [3.8, 4) is 23.0 Å². The second-order valence-corrected chi connectivity index (χ2v) is 7.53. The van der Waals surface area contributed by atoms with Crippen LogP contribution in [-0.4, -0.2) is 66.6 Å². The average Bonchev–Trinajstić information content (AvgIpc) is 3.31. The molecule has 1 saturated heterocycles. The fourth-order valence-electron chi connectivity index (χ4n) is 3.64. The molecule has 1 unspecified atom stereocenters. The van der Waals surface area contributed by atoms with E-state index in [4.69, 9.17) is 18.9 Å². The van der Waals surface area contributed by atoms with E-state index in [0.29, 0.717) is 12.6 Å². The summed E-state index contributed by atoms with van der Waals surface area (Å²) >= 11 is 0. The molecule has 1 aliphatic heterocycles. The minimum absolute atomic E-state index is 0. The van der Waals surface area contributed by atoms with Gasteiger partial charge in [0, 0.05) is 62.7 Å². The summed E-state index contributed by atoms with van der Waals surface area (Å²) in [6, 6.07) is 13.9. The standard InChI is InChI=1S/C24H34N4O4.HI/c1-25-24(26-10-6-12-32-21-8-5-7-20(15-21)29-2)27-18-9-11-28(17-18)19-13-22(30-3)16-23(14-19)31-4;/h5,7-8,13-16,18H,6,9-12,17H2,1-4H3,(H2,25,26,27);1H. The van der Waals surface area contributed by atoms with E-state index in [1.807, 2.05) is 42.5 Å². The summed E-state index contributed by atoms with van der Waals surface area (Å²) in [5, 5.41) is 6.90. The lowest BCUT2D eigenvalue weighted by Crippen LogP contribution is -2.45. The number of benzene rings is 2. The summed E-state index contributed by atoms with van der Waals surface area (Å²) in [5.74, 6) is 4.01. The zero-order valence-electron chi connectivity index (χ0n) is 19.8. The molecule has 1 atom stereocenters. The number of halogens is 1. The largest absolute Gasteiger partial charge is 0.497 e. The van der Waals surface area contributed by atoms with Gasteiger partial charge in [0.25, 0.3) is 0 Å². The van der Waals surface area contributed by atoms with E-state index in [0.717, 1.165) is 67.1 Å². The maximum Gasteiger partial charge on any atom is 0.191 e. The van der Waals surface area contributed by atoms with Crippen molar-refractivity contribution in [3.63, 3.8) is 0 Å². The molecule has 8 nitrogen and oxygen atoms in total. The number of aliphatic imine (C=N–C) groups is 1. The van der Waals surface area contributed by atoms with Gasteiger partial charge in [0.05, 0.1) is 27.9 Å². The Balaban J connectivity index is 0.00000385. The molecule has 0 bridgehead atoms. The number of rotatable bonds is 10. The minimum atomic E-state index is 0. The van der Waals surface area contributed by atoms with Crippen molar-refractivity contribution in [2.45, 2.75) is 18.9 Å². The van der Waals surface area contributed by atoms with Crippen LogP contribution in [0.2, 0.25) is 0 Å². The molecule has 0 spiro atoms. The second-order valence-electron chi connectivity index (χ2n) is 7.53. The van der Waals surface area contributed by atoms with Gasteiger partial charge in [-0.25, -0.2) is 0 Å². The molecule has 0 saturated carbocycles. The van der Waals surface area contributed by atoms with Crippen LogP contribution in [0, 0.1) is 0 Å². The third-order valence-corrected chi connectivity index (χ3v) is 5.38. The molecule has 1 heterocycles. The highest BCUT2D eigenvalue weighted by atomic mass is 127. The monoisotopic (exact) mass is 570 g/mol. The van der Waals surface area contributed by atoms with Crippen molar-refractivity contribution in [2.24, 2.45) is 4.99 Å². The van der Waals surface area contributed by atoms with Crippen molar-refractivity contribution in [2.75, 3.05) is 59.5 Å². The third-order valence-electron chi connectivity index (χ3n) is 5.38. The number of hydrogen-bond acceptors (Lipinski definition) is 6. The summed E-state index contributed by atoms with van der Waals surface area (Å²) in [5.41, 5.74) is 1.10. The number of methoxy groups -OCH3 is 3. The van der Waals surface area contributed by atoms with Crippen LogP contribution >= 0.6 is 24.0 Å². The normalized spacial score (nSPS) is 15.5. The summed E-state index contributed by atoms with van der Waals surface area (Å²) in [4.78, 5) is 6.69. The molecule has 0 aliphatic carbocycles. The average molecular weight is 570 g/mol. The van der Waals surface area contributed by atoms with E-state index in [1.54, 1.807) is 28.4 Å². The van der Waals surface area contributed by atoms with Crippen LogP contribution in [0.5, 0.6) is 23.0 Å². The van der Waals surface area contributed by atoms with Crippen molar-refractivity contribution < 1.29 is 18.9 Å². The van der Waals surface area contributed by atoms with Gasteiger partial charge in [0.15, 0.2) is 5.96 Å². The van der Waals surface area contributed by atoms with Crippen LogP contribution in [0.15, 0.2) is 47.5 Å². The Kier molecular flexibility index (Phi) is 11.2. The van der Waals surface area contributed by atoms with Gasteiger partial charge in [0.1, 0.15) is 23.0 Å². The van der Waals surface area contributed by atoms with Crippen molar-refractivity contribution in [1.82, 2.24) is 10.6 Å². The van der Waals surface area contributed by atoms with E-state index in [1.165, 1.54) is 0 Å². The molecule has 1 aliphatic rings. The maximum atomic E-state index is 5.79. The molecule has 1 fully saturated rings. The van der Waals surface area contributed by atoms with Crippen LogP contribution < -0.4 is 34.5 Å².